The maximum atomic E-state index is 12.4. The van der Waals surface area contributed by atoms with Gasteiger partial charge in [0.25, 0.3) is 0 Å². The van der Waals surface area contributed by atoms with Crippen molar-refractivity contribution >= 4 is 11.6 Å². The van der Waals surface area contributed by atoms with Crippen LogP contribution in [0.15, 0.2) is 18.2 Å². The van der Waals surface area contributed by atoms with Crippen molar-refractivity contribution in [1.82, 2.24) is 5.32 Å². The number of hydrogen-bond acceptors (Lipinski definition) is 2. The second kappa shape index (κ2) is 5.80. The van der Waals surface area contributed by atoms with Crippen molar-refractivity contribution in [3.05, 3.63) is 28.8 Å². The van der Waals surface area contributed by atoms with E-state index in [2.05, 4.69) is 5.32 Å². The highest BCUT2D eigenvalue weighted by atomic mass is 35.5. The quantitative estimate of drug-likeness (QED) is 0.902. The van der Waals surface area contributed by atoms with Gasteiger partial charge in [0.2, 0.25) is 0 Å². The topological polar surface area (TPSA) is 21.3 Å². The van der Waals surface area contributed by atoms with Crippen molar-refractivity contribution in [1.29, 1.82) is 0 Å². The van der Waals surface area contributed by atoms with Crippen LogP contribution in [0.2, 0.25) is 5.02 Å². The molecule has 18 heavy (non-hydrogen) atoms. The Hall–Kier alpha value is -0.940. The van der Waals surface area contributed by atoms with Gasteiger partial charge in [0.15, 0.2) is 6.10 Å². The van der Waals surface area contributed by atoms with Gasteiger partial charge in [-0.3, -0.25) is 0 Å². The number of ether oxygens (including phenoxy) is 1. The Bertz CT molecular complexity index is 409. The highest BCUT2D eigenvalue weighted by molar-refractivity contribution is 6.32. The van der Waals surface area contributed by atoms with Crippen LogP contribution in [-0.4, -0.2) is 19.3 Å². The predicted molar refractivity (Wildman–Crippen MR) is 65.1 cm³/mol. The number of nitrogens with one attached hydrogen (secondary N) is 1. The van der Waals surface area contributed by atoms with Crippen LogP contribution in [0.25, 0.3) is 0 Å². The van der Waals surface area contributed by atoms with Gasteiger partial charge in [-0.2, -0.15) is 13.2 Å². The van der Waals surface area contributed by atoms with Crippen LogP contribution < -0.4 is 10.1 Å². The van der Waals surface area contributed by atoms with Gasteiger partial charge in [-0.25, -0.2) is 0 Å². The van der Waals surface area contributed by atoms with Gasteiger partial charge in [0.05, 0.1) is 5.02 Å². The molecule has 6 heteroatoms. The van der Waals surface area contributed by atoms with E-state index >= 15 is 0 Å². The molecule has 1 aromatic rings. The van der Waals surface area contributed by atoms with Crippen molar-refractivity contribution in [3.8, 4) is 5.75 Å². The molecule has 0 aromatic heterocycles. The van der Waals surface area contributed by atoms with Crippen molar-refractivity contribution in [3.63, 3.8) is 0 Å². The molecule has 0 saturated heterocycles. The second-order valence-electron chi connectivity index (χ2n) is 4.00. The summed E-state index contributed by atoms with van der Waals surface area (Å²) in [5.41, 5.74) is 0.884. The Kier molecular flexibility index (Phi) is 4.87. The summed E-state index contributed by atoms with van der Waals surface area (Å²) in [5, 5.41) is 3.19. The maximum Gasteiger partial charge on any atom is 0.425 e. The Balaban J connectivity index is 2.87. The summed E-state index contributed by atoms with van der Waals surface area (Å²) in [7, 11) is 1.79. The van der Waals surface area contributed by atoms with Crippen LogP contribution in [0.5, 0.6) is 5.75 Å². The molecule has 0 amide bonds. The predicted octanol–water partition coefficient (Wildman–Crippen LogP) is 3.95. The molecule has 2 nitrogen and oxygen atoms in total. The number of rotatable bonds is 4. The van der Waals surface area contributed by atoms with E-state index in [9.17, 15) is 13.2 Å². The molecule has 2 atom stereocenters. The van der Waals surface area contributed by atoms with E-state index in [1.54, 1.807) is 19.2 Å². The lowest BCUT2D eigenvalue weighted by Gasteiger charge is -2.19. The fourth-order valence-electron chi connectivity index (χ4n) is 1.31. The molecule has 0 aliphatic carbocycles. The Labute approximate surface area is 109 Å². The number of hydrogen-bond donors (Lipinski definition) is 1. The molecule has 0 spiro atoms. The van der Waals surface area contributed by atoms with E-state index in [1.165, 1.54) is 6.07 Å². The van der Waals surface area contributed by atoms with E-state index < -0.39 is 12.3 Å². The van der Waals surface area contributed by atoms with Crippen molar-refractivity contribution < 1.29 is 17.9 Å². The first-order chi connectivity index (χ1) is 8.25. The Morgan fingerprint density at radius 3 is 2.33 bits per heavy atom. The van der Waals surface area contributed by atoms with Gasteiger partial charge in [0, 0.05) is 6.04 Å². The van der Waals surface area contributed by atoms with Gasteiger partial charge in [-0.05, 0) is 38.6 Å². The highest BCUT2D eigenvalue weighted by Crippen LogP contribution is 2.31. The first-order valence-corrected chi connectivity index (χ1v) is 5.83. The van der Waals surface area contributed by atoms with E-state index in [4.69, 9.17) is 16.3 Å². The zero-order valence-corrected chi connectivity index (χ0v) is 11.1. The summed E-state index contributed by atoms with van der Waals surface area (Å²) in [6.07, 6.45) is -6.29. The second-order valence-corrected chi connectivity index (χ2v) is 4.41. The smallest absolute Gasteiger partial charge is 0.425 e. The zero-order valence-electron chi connectivity index (χ0n) is 10.3. The fourth-order valence-corrected chi connectivity index (χ4v) is 1.54. The lowest BCUT2D eigenvalue weighted by molar-refractivity contribution is -0.189. The Morgan fingerprint density at radius 2 is 1.89 bits per heavy atom. The lowest BCUT2D eigenvalue weighted by atomic mass is 10.1. The summed E-state index contributed by atoms with van der Waals surface area (Å²) in [6, 6.07) is 4.80. The SMILES string of the molecule is CNC(C)c1ccc(OC(C)C(F)(F)F)c(Cl)c1. The molecule has 0 saturated carbocycles. The summed E-state index contributed by atoms with van der Waals surface area (Å²) < 4.78 is 41.9. The molecule has 0 heterocycles. The molecule has 0 aliphatic heterocycles. The van der Waals surface area contributed by atoms with Gasteiger partial charge in [-0.15, -0.1) is 0 Å². The van der Waals surface area contributed by atoms with Crippen molar-refractivity contribution in [2.24, 2.45) is 0 Å². The molecule has 1 rings (SSSR count). The van der Waals surface area contributed by atoms with Crippen LogP contribution in [-0.2, 0) is 0 Å². The maximum absolute atomic E-state index is 12.4. The molecule has 2 unspecified atom stereocenters. The molecule has 0 fully saturated rings. The lowest BCUT2D eigenvalue weighted by Crippen LogP contribution is -2.31. The average Bonchev–Trinajstić information content (AvgIpc) is 2.29. The summed E-state index contributed by atoms with van der Waals surface area (Å²) in [6.45, 7) is 2.87. The standard InChI is InChI=1S/C12H15ClF3NO/c1-7(17-3)9-4-5-11(10(13)6-9)18-8(2)12(14,15)16/h4-8,17H,1-3H3. The van der Waals surface area contributed by atoms with Crippen LogP contribution >= 0.6 is 11.6 Å². The van der Waals surface area contributed by atoms with Crippen molar-refractivity contribution in [2.45, 2.75) is 32.2 Å². The minimum atomic E-state index is -4.40. The molecule has 1 N–H and O–H groups in total. The zero-order chi connectivity index (χ0) is 13.9. The van der Waals surface area contributed by atoms with E-state index in [-0.39, 0.29) is 16.8 Å². The number of halogens is 4. The molecular formula is C12H15ClF3NO. The molecule has 0 radical (unpaired) electrons. The van der Waals surface area contributed by atoms with Crippen LogP contribution in [0.1, 0.15) is 25.5 Å². The average molecular weight is 282 g/mol. The van der Waals surface area contributed by atoms with E-state index in [1.807, 2.05) is 6.92 Å². The van der Waals surface area contributed by atoms with Gasteiger partial charge >= 0.3 is 6.18 Å². The van der Waals surface area contributed by atoms with Crippen molar-refractivity contribution in [2.75, 3.05) is 7.05 Å². The largest absolute Gasteiger partial charge is 0.480 e. The van der Waals surface area contributed by atoms with Crippen LogP contribution in [0.3, 0.4) is 0 Å². The van der Waals surface area contributed by atoms with Crippen LogP contribution in [0.4, 0.5) is 13.2 Å². The Morgan fingerprint density at radius 1 is 1.28 bits per heavy atom. The first-order valence-electron chi connectivity index (χ1n) is 5.45. The highest BCUT2D eigenvalue weighted by Gasteiger charge is 2.38. The summed E-state index contributed by atoms with van der Waals surface area (Å²) >= 11 is 5.90. The van der Waals surface area contributed by atoms with Gasteiger partial charge < -0.3 is 10.1 Å². The third kappa shape index (κ3) is 3.78. The third-order valence-electron chi connectivity index (χ3n) is 2.65. The first kappa shape index (κ1) is 15.1. The van der Waals surface area contributed by atoms with E-state index in [0.29, 0.717) is 0 Å². The third-order valence-corrected chi connectivity index (χ3v) is 2.95. The molecule has 102 valence electrons. The minimum Gasteiger partial charge on any atom is -0.480 e. The van der Waals surface area contributed by atoms with Gasteiger partial charge in [-0.1, -0.05) is 17.7 Å². The summed E-state index contributed by atoms with van der Waals surface area (Å²) in [5.74, 6) is 0.0357. The van der Waals surface area contributed by atoms with E-state index in [0.717, 1.165) is 12.5 Å². The van der Waals surface area contributed by atoms with Crippen LogP contribution in [0, 0.1) is 0 Å². The number of alkyl halides is 3. The summed E-state index contributed by atoms with van der Waals surface area (Å²) in [4.78, 5) is 0. The molecule has 0 aliphatic rings. The molecule has 1 aromatic carbocycles. The van der Waals surface area contributed by atoms with Gasteiger partial charge in [0.1, 0.15) is 5.75 Å². The monoisotopic (exact) mass is 281 g/mol. The molecular weight excluding hydrogens is 267 g/mol. The molecule has 0 bridgehead atoms. The minimum absolute atomic E-state index is 0.0357. The normalized spacial score (nSPS) is 15.3. The fraction of sp³-hybridized carbons (Fsp3) is 0.500. The number of benzene rings is 1.